The second-order valence-electron chi connectivity index (χ2n) is 4.18. The Kier molecular flexibility index (Phi) is 4.06. The van der Waals surface area contributed by atoms with Crippen LogP contribution in [-0.2, 0) is 6.54 Å². The molecule has 6 nitrogen and oxygen atoms in total. The van der Waals surface area contributed by atoms with Gasteiger partial charge in [0.05, 0.1) is 23.4 Å². The third-order valence-electron chi connectivity index (χ3n) is 2.60. The number of carbonyl (C=O) groups is 1. The van der Waals surface area contributed by atoms with Crippen molar-refractivity contribution in [2.75, 3.05) is 24.6 Å². The van der Waals surface area contributed by atoms with Crippen LogP contribution in [0.3, 0.4) is 0 Å². The molecule has 2 aromatic rings. The second-order valence-corrected chi connectivity index (χ2v) is 5.23. The molecule has 7 heteroatoms. The predicted octanol–water partition coefficient (Wildman–Crippen LogP) is 1.31. The number of anilines is 2. The van der Waals surface area contributed by atoms with E-state index in [2.05, 4.69) is 15.7 Å². The molecule has 0 aliphatic heterocycles. The fraction of sp³-hybridized carbons (Fsp3) is 0.333. The van der Waals surface area contributed by atoms with Gasteiger partial charge in [0.1, 0.15) is 4.88 Å². The number of hydrogen-bond acceptors (Lipinski definition) is 5. The standard InChI is InChI=1S/C12H17N5OS/c1-8-6-16-17(7-8)4-3-15-10-5-9(13)11(19-10)12(18)14-2/h5-7,15H,3-4,13H2,1-2H3,(H,14,18). The summed E-state index contributed by atoms with van der Waals surface area (Å²) in [6.45, 7) is 3.50. The number of nitrogen functional groups attached to an aromatic ring is 1. The van der Waals surface area contributed by atoms with Crippen LogP contribution in [0.2, 0.25) is 0 Å². The molecule has 0 aliphatic rings. The van der Waals surface area contributed by atoms with Gasteiger partial charge in [-0.2, -0.15) is 5.10 Å². The average molecular weight is 279 g/mol. The maximum atomic E-state index is 11.5. The minimum atomic E-state index is -0.154. The zero-order valence-corrected chi connectivity index (χ0v) is 11.8. The molecular weight excluding hydrogens is 262 g/mol. The summed E-state index contributed by atoms with van der Waals surface area (Å²) in [5, 5.41) is 10.9. The lowest BCUT2D eigenvalue weighted by Gasteiger charge is -2.03. The van der Waals surface area contributed by atoms with E-state index in [0.717, 1.165) is 23.7 Å². The molecule has 0 aliphatic carbocycles. The van der Waals surface area contributed by atoms with E-state index in [4.69, 9.17) is 5.73 Å². The van der Waals surface area contributed by atoms with Gasteiger partial charge in [0.25, 0.3) is 5.91 Å². The minimum Gasteiger partial charge on any atom is -0.397 e. The maximum Gasteiger partial charge on any atom is 0.263 e. The number of amides is 1. The third kappa shape index (κ3) is 3.25. The first-order chi connectivity index (χ1) is 9.10. The number of nitrogens with one attached hydrogen (secondary N) is 2. The van der Waals surface area contributed by atoms with Crippen LogP contribution in [0, 0.1) is 6.92 Å². The molecule has 1 amide bonds. The molecule has 2 rings (SSSR count). The van der Waals surface area contributed by atoms with Crippen molar-refractivity contribution in [3.63, 3.8) is 0 Å². The molecule has 2 aromatic heterocycles. The molecule has 0 fully saturated rings. The van der Waals surface area contributed by atoms with Crippen LogP contribution in [0.4, 0.5) is 10.7 Å². The van der Waals surface area contributed by atoms with Gasteiger partial charge < -0.3 is 16.4 Å². The van der Waals surface area contributed by atoms with Crippen molar-refractivity contribution < 1.29 is 4.79 Å². The Labute approximate surface area is 115 Å². The Morgan fingerprint density at radius 2 is 2.37 bits per heavy atom. The van der Waals surface area contributed by atoms with Crippen molar-refractivity contribution in [1.82, 2.24) is 15.1 Å². The number of aromatic nitrogens is 2. The van der Waals surface area contributed by atoms with Gasteiger partial charge in [0.2, 0.25) is 0 Å². The Morgan fingerprint density at radius 3 is 3.00 bits per heavy atom. The first-order valence-corrected chi connectivity index (χ1v) is 6.76. The highest BCUT2D eigenvalue weighted by molar-refractivity contribution is 7.18. The average Bonchev–Trinajstić information content (AvgIpc) is 2.95. The largest absolute Gasteiger partial charge is 0.397 e. The van der Waals surface area contributed by atoms with E-state index in [1.807, 2.05) is 24.0 Å². The third-order valence-corrected chi connectivity index (χ3v) is 3.70. The van der Waals surface area contributed by atoms with Crippen molar-refractivity contribution >= 4 is 27.9 Å². The number of nitrogens with two attached hydrogens (primary N) is 1. The topological polar surface area (TPSA) is 85.0 Å². The molecule has 0 unspecified atom stereocenters. The molecule has 0 saturated heterocycles. The van der Waals surface area contributed by atoms with E-state index < -0.39 is 0 Å². The Bertz CT molecular complexity index is 574. The lowest BCUT2D eigenvalue weighted by Crippen LogP contribution is -2.17. The summed E-state index contributed by atoms with van der Waals surface area (Å²) < 4.78 is 1.87. The molecular formula is C12H17N5OS. The van der Waals surface area contributed by atoms with Gasteiger partial charge in [-0.1, -0.05) is 0 Å². The summed E-state index contributed by atoms with van der Waals surface area (Å²) >= 11 is 1.35. The maximum absolute atomic E-state index is 11.5. The highest BCUT2D eigenvalue weighted by Crippen LogP contribution is 2.28. The van der Waals surface area contributed by atoms with Crippen molar-refractivity contribution in [2.45, 2.75) is 13.5 Å². The van der Waals surface area contributed by atoms with E-state index in [0.29, 0.717) is 10.6 Å². The normalized spacial score (nSPS) is 10.4. The zero-order valence-electron chi connectivity index (χ0n) is 10.9. The van der Waals surface area contributed by atoms with Gasteiger partial charge in [0.15, 0.2) is 0 Å². The molecule has 0 radical (unpaired) electrons. The van der Waals surface area contributed by atoms with Crippen molar-refractivity contribution in [1.29, 1.82) is 0 Å². The monoisotopic (exact) mass is 279 g/mol. The predicted molar refractivity (Wildman–Crippen MR) is 77.6 cm³/mol. The number of aryl methyl sites for hydroxylation is 1. The Balaban J connectivity index is 1.91. The Hall–Kier alpha value is -2.02. The number of rotatable bonds is 5. The highest BCUT2D eigenvalue weighted by atomic mass is 32.1. The van der Waals surface area contributed by atoms with E-state index in [-0.39, 0.29) is 5.91 Å². The minimum absolute atomic E-state index is 0.154. The van der Waals surface area contributed by atoms with Gasteiger partial charge in [-0.05, 0) is 18.6 Å². The quantitative estimate of drug-likeness (QED) is 0.770. The molecule has 102 valence electrons. The van der Waals surface area contributed by atoms with Gasteiger partial charge in [-0.3, -0.25) is 9.48 Å². The number of carbonyl (C=O) groups excluding carboxylic acids is 1. The first kappa shape index (κ1) is 13.4. The van der Waals surface area contributed by atoms with Crippen LogP contribution < -0.4 is 16.4 Å². The lowest BCUT2D eigenvalue weighted by molar-refractivity contribution is 0.0968. The summed E-state index contributed by atoms with van der Waals surface area (Å²) in [5.41, 5.74) is 7.44. The van der Waals surface area contributed by atoms with E-state index in [1.165, 1.54) is 11.3 Å². The van der Waals surface area contributed by atoms with Crippen LogP contribution in [0.5, 0.6) is 0 Å². The first-order valence-electron chi connectivity index (χ1n) is 5.94. The molecule has 4 N–H and O–H groups in total. The van der Waals surface area contributed by atoms with Crippen LogP contribution in [0.25, 0.3) is 0 Å². The number of thiophene rings is 1. The smallest absolute Gasteiger partial charge is 0.263 e. The number of hydrogen-bond donors (Lipinski definition) is 3. The van der Waals surface area contributed by atoms with Crippen molar-refractivity contribution in [3.8, 4) is 0 Å². The molecule has 0 bridgehead atoms. The van der Waals surface area contributed by atoms with Crippen molar-refractivity contribution in [2.24, 2.45) is 0 Å². The molecule has 0 atom stereocenters. The van der Waals surface area contributed by atoms with E-state index >= 15 is 0 Å². The lowest BCUT2D eigenvalue weighted by atomic mass is 10.4. The van der Waals surface area contributed by atoms with Gasteiger partial charge in [-0.25, -0.2) is 0 Å². The molecule has 19 heavy (non-hydrogen) atoms. The molecule has 0 spiro atoms. The van der Waals surface area contributed by atoms with E-state index in [1.54, 1.807) is 13.1 Å². The fourth-order valence-corrected chi connectivity index (χ4v) is 2.62. The summed E-state index contributed by atoms with van der Waals surface area (Å²) in [4.78, 5) is 12.1. The zero-order chi connectivity index (χ0) is 13.8. The SMILES string of the molecule is CNC(=O)c1sc(NCCn2cc(C)cn2)cc1N. The van der Waals surface area contributed by atoms with Crippen LogP contribution in [-0.4, -0.2) is 29.3 Å². The summed E-state index contributed by atoms with van der Waals surface area (Å²) in [7, 11) is 1.59. The highest BCUT2D eigenvalue weighted by Gasteiger charge is 2.12. The Morgan fingerprint density at radius 1 is 1.58 bits per heavy atom. The summed E-state index contributed by atoms with van der Waals surface area (Å²) in [6, 6.07) is 1.78. The van der Waals surface area contributed by atoms with Gasteiger partial charge >= 0.3 is 0 Å². The van der Waals surface area contributed by atoms with Crippen LogP contribution >= 0.6 is 11.3 Å². The van der Waals surface area contributed by atoms with Gasteiger partial charge in [-0.15, -0.1) is 11.3 Å². The van der Waals surface area contributed by atoms with Crippen molar-refractivity contribution in [3.05, 3.63) is 28.9 Å². The molecule has 0 aromatic carbocycles. The van der Waals surface area contributed by atoms with Gasteiger partial charge in [0, 0.05) is 19.8 Å². The van der Waals surface area contributed by atoms with E-state index in [9.17, 15) is 4.79 Å². The summed E-state index contributed by atoms with van der Waals surface area (Å²) in [5.74, 6) is -0.154. The molecule has 0 saturated carbocycles. The molecule has 2 heterocycles. The number of nitrogens with zero attached hydrogens (tertiary/aromatic N) is 2. The summed E-state index contributed by atoms with van der Waals surface area (Å²) in [6.07, 6.45) is 3.81. The van der Waals surface area contributed by atoms with Crippen LogP contribution in [0.1, 0.15) is 15.2 Å². The second kappa shape index (κ2) is 5.75. The fourth-order valence-electron chi connectivity index (χ4n) is 1.67. The van der Waals surface area contributed by atoms with Crippen LogP contribution in [0.15, 0.2) is 18.5 Å².